The molecule has 0 saturated heterocycles. The molecule has 0 aliphatic heterocycles. The Morgan fingerprint density at radius 1 is 1.22 bits per heavy atom. The molecule has 0 heterocycles. The van der Waals surface area contributed by atoms with Crippen LogP contribution in [0.1, 0.15) is 21.5 Å². The molecule has 0 bridgehead atoms. The summed E-state index contributed by atoms with van der Waals surface area (Å²) in [5.41, 5.74) is 2.80. The number of para-hydroxylation sites is 1. The summed E-state index contributed by atoms with van der Waals surface area (Å²) in [5, 5.41) is 24.8. The molecule has 6 heteroatoms. The first kappa shape index (κ1) is 17.1. The standard InChI is InChI=1S/C17H19ClN2O3/c1-11-13(17(23)19-8-9-21)5-3-7-15(11)20-10-12-4-2-6-14(18)16(12)22/h2-7,20-22H,8-10H2,1H3,(H,19,23). The topological polar surface area (TPSA) is 81.6 Å². The predicted molar refractivity (Wildman–Crippen MR) is 91.0 cm³/mol. The van der Waals surface area contributed by atoms with Crippen molar-refractivity contribution in [2.75, 3.05) is 18.5 Å². The second-order valence-electron chi connectivity index (χ2n) is 5.06. The Labute approximate surface area is 139 Å². The molecule has 4 N–H and O–H groups in total. The van der Waals surface area contributed by atoms with Crippen molar-refractivity contribution in [3.8, 4) is 5.75 Å². The van der Waals surface area contributed by atoms with Crippen LogP contribution < -0.4 is 10.6 Å². The molecule has 0 aliphatic rings. The molecule has 0 aliphatic carbocycles. The van der Waals surface area contributed by atoms with Crippen LogP contribution >= 0.6 is 11.6 Å². The monoisotopic (exact) mass is 334 g/mol. The Balaban J connectivity index is 2.14. The van der Waals surface area contributed by atoms with E-state index in [9.17, 15) is 9.90 Å². The van der Waals surface area contributed by atoms with Crippen LogP contribution in [0, 0.1) is 6.92 Å². The second kappa shape index (κ2) is 7.85. The van der Waals surface area contributed by atoms with Gasteiger partial charge in [-0.25, -0.2) is 0 Å². The summed E-state index contributed by atoms with van der Waals surface area (Å²) in [4.78, 5) is 12.0. The number of carbonyl (C=O) groups excluding carboxylic acids is 1. The first-order chi connectivity index (χ1) is 11.0. The van der Waals surface area contributed by atoms with Crippen LogP contribution in [0.2, 0.25) is 5.02 Å². The van der Waals surface area contributed by atoms with Crippen LogP contribution in [-0.4, -0.2) is 29.3 Å². The molecule has 0 atom stereocenters. The van der Waals surface area contributed by atoms with Gasteiger partial charge < -0.3 is 20.8 Å². The number of phenols is 1. The zero-order valence-electron chi connectivity index (χ0n) is 12.8. The van der Waals surface area contributed by atoms with Crippen LogP contribution in [-0.2, 0) is 6.54 Å². The van der Waals surface area contributed by atoms with Gasteiger partial charge in [0.05, 0.1) is 11.6 Å². The number of phenolic OH excluding ortho intramolecular Hbond substituents is 1. The van der Waals surface area contributed by atoms with Gasteiger partial charge in [-0.1, -0.05) is 29.8 Å². The van der Waals surface area contributed by atoms with Crippen molar-refractivity contribution < 1.29 is 15.0 Å². The largest absolute Gasteiger partial charge is 0.506 e. The van der Waals surface area contributed by atoms with Gasteiger partial charge in [-0.05, 0) is 30.7 Å². The minimum absolute atomic E-state index is 0.0520. The highest BCUT2D eigenvalue weighted by Gasteiger charge is 2.12. The molecule has 23 heavy (non-hydrogen) atoms. The number of hydrogen-bond acceptors (Lipinski definition) is 4. The summed E-state index contributed by atoms with van der Waals surface area (Å²) in [5.74, 6) is -0.179. The lowest BCUT2D eigenvalue weighted by atomic mass is 10.1. The maximum absolute atomic E-state index is 12.0. The molecule has 5 nitrogen and oxygen atoms in total. The Kier molecular flexibility index (Phi) is 5.84. The number of aliphatic hydroxyl groups excluding tert-OH is 1. The molecule has 0 radical (unpaired) electrons. The minimum atomic E-state index is -0.231. The molecule has 2 aromatic carbocycles. The van der Waals surface area contributed by atoms with Gasteiger partial charge >= 0.3 is 0 Å². The third kappa shape index (κ3) is 4.15. The van der Waals surface area contributed by atoms with Crippen molar-refractivity contribution in [2.24, 2.45) is 0 Å². The van der Waals surface area contributed by atoms with Gasteiger partial charge in [0.15, 0.2) is 0 Å². The third-order valence-corrected chi connectivity index (χ3v) is 3.82. The van der Waals surface area contributed by atoms with Gasteiger partial charge in [0, 0.05) is 29.9 Å². The first-order valence-electron chi connectivity index (χ1n) is 7.23. The van der Waals surface area contributed by atoms with Crippen LogP contribution in [0.4, 0.5) is 5.69 Å². The van der Waals surface area contributed by atoms with Crippen molar-refractivity contribution in [1.29, 1.82) is 0 Å². The van der Waals surface area contributed by atoms with Crippen LogP contribution in [0.25, 0.3) is 0 Å². The highest BCUT2D eigenvalue weighted by molar-refractivity contribution is 6.32. The molecule has 0 unspecified atom stereocenters. The molecule has 0 aromatic heterocycles. The van der Waals surface area contributed by atoms with Gasteiger partial charge in [-0.3, -0.25) is 4.79 Å². The predicted octanol–water partition coefficient (Wildman–Crippen LogP) is 2.69. The fourth-order valence-electron chi connectivity index (χ4n) is 2.23. The molecule has 0 saturated carbocycles. The third-order valence-electron chi connectivity index (χ3n) is 3.52. The Morgan fingerprint density at radius 2 is 1.96 bits per heavy atom. The average molecular weight is 335 g/mol. The zero-order chi connectivity index (χ0) is 16.8. The summed E-state index contributed by atoms with van der Waals surface area (Å²) in [6.07, 6.45) is 0. The van der Waals surface area contributed by atoms with Crippen LogP contribution in [0.5, 0.6) is 5.75 Å². The number of benzene rings is 2. The van der Waals surface area contributed by atoms with Crippen LogP contribution in [0.15, 0.2) is 36.4 Å². The minimum Gasteiger partial charge on any atom is -0.506 e. The van der Waals surface area contributed by atoms with Crippen molar-refractivity contribution in [3.63, 3.8) is 0 Å². The molecule has 2 aromatic rings. The summed E-state index contributed by atoms with van der Waals surface area (Å²) >= 11 is 5.89. The normalized spacial score (nSPS) is 10.4. The molecular formula is C17H19ClN2O3. The van der Waals surface area contributed by atoms with Gasteiger partial charge in [-0.2, -0.15) is 0 Å². The van der Waals surface area contributed by atoms with Gasteiger partial charge in [-0.15, -0.1) is 0 Å². The van der Waals surface area contributed by atoms with E-state index in [-0.39, 0.29) is 24.8 Å². The number of hydrogen-bond donors (Lipinski definition) is 4. The first-order valence-corrected chi connectivity index (χ1v) is 7.61. The van der Waals surface area contributed by atoms with E-state index in [1.54, 1.807) is 30.3 Å². The molecular weight excluding hydrogens is 316 g/mol. The van der Waals surface area contributed by atoms with E-state index < -0.39 is 0 Å². The van der Waals surface area contributed by atoms with E-state index >= 15 is 0 Å². The Morgan fingerprint density at radius 3 is 2.70 bits per heavy atom. The summed E-state index contributed by atoms with van der Waals surface area (Å²) < 4.78 is 0. The fraction of sp³-hybridized carbons (Fsp3) is 0.235. The van der Waals surface area contributed by atoms with Crippen molar-refractivity contribution in [1.82, 2.24) is 5.32 Å². The average Bonchev–Trinajstić information content (AvgIpc) is 2.55. The van der Waals surface area contributed by atoms with Crippen molar-refractivity contribution in [3.05, 3.63) is 58.1 Å². The number of nitrogens with one attached hydrogen (secondary N) is 2. The smallest absolute Gasteiger partial charge is 0.251 e. The highest BCUT2D eigenvalue weighted by Crippen LogP contribution is 2.28. The van der Waals surface area contributed by atoms with E-state index in [1.807, 2.05) is 13.0 Å². The number of amides is 1. The van der Waals surface area contributed by atoms with E-state index in [0.717, 1.165) is 11.3 Å². The highest BCUT2D eigenvalue weighted by atomic mass is 35.5. The lowest BCUT2D eigenvalue weighted by Gasteiger charge is -2.14. The fourth-order valence-corrected chi connectivity index (χ4v) is 2.43. The van der Waals surface area contributed by atoms with E-state index in [4.69, 9.17) is 16.7 Å². The van der Waals surface area contributed by atoms with Gasteiger partial charge in [0.2, 0.25) is 0 Å². The molecule has 0 fully saturated rings. The molecule has 2 rings (SSSR count). The second-order valence-corrected chi connectivity index (χ2v) is 5.47. The number of carbonyl (C=O) groups is 1. The summed E-state index contributed by atoms with van der Waals surface area (Å²) in [6.45, 7) is 2.34. The molecule has 1 amide bonds. The van der Waals surface area contributed by atoms with Crippen molar-refractivity contribution in [2.45, 2.75) is 13.5 Å². The van der Waals surface area contributed by atoms with E-state index in [2.05, 4.69) is 10.6 Å². The lowest BCUT2D eigenvalue weighted by molar-refractivity contribution is 0.0944. The summed E-state index contributed by atoms with van der Waals surface area (Å²) in [7, 11) is 0. The Bertz CT molecular complexity index is 704. The molecule has 122 valence electrons. The number of anilines is 1. The quantitative estimate of drug-likeness (QED) is 0.654. The van der Waals surface area contributed by atoms with E-state index in [1.165, 1.54) is 0 Å². The number of halogens is 1. The Hall–Kier alpha value is -2.24. The maximum atomic E-state index is 12.0. The van der Waals surface area contributed by atoms with Crippen LogP contribution in [0.3, 0.4) is 0 Å². The zero-order valence-corrected chi connectivity index (χ0v) is 13.5. The maximum Gasteiger partial charge on any atom is 0.251 e. The summed E-state index contributed by atoms with van der Waals surface area (Å²) in [6, 6.07) is 10.5. The van der Waals surface area contributed by atoms with Gasteiger partial charge in [0.25, 0.3) is 5.91 Å². The van der Waals surface area contributed by atoms with Gasteiger partial charge in [0.1, 0.15) is 5.75 Å². The number of aromatic hydroxyl groups is 1. The number of aliphatic hydroxyl groups is 1. The van der Waals surface area contributed by atoms with Crippen molar-refractivity contribution >= 4 is 23.2 Å². The van der Waals surface area contributed by atoms with E-state index in [0.29, 0.717) is 22.7 Å². The molecule has 0 spiro atoms. The lowest BCUT2D eigenvalue weighted by Crippen LogP contribution is -2.27. The number of rotatable bonds is 6. The SMILES string of the molecule is Cc1c(NCc2cccc(Cl)c2O)cccc1C(=O)NCCO.